The number of aryl methyl sites for hydroxylation is 1. The molecule has 2 aromatic rings. The smallest absolute Gasteiger partial charge is 0.163 e. The van der Waals surface area contributed by atoms with Crippen LogP contribution in [0.2, 0.25) is 10.0 Å². The van der Waals surface area contributed by atoms with Gasteiger partial charge in [-0.15, -0.1) is 10.2 Å². The van der Waals surface area contributed by atoms with Crippen LogP contribution in [-0.4, -0.2) is 19.9 Å². The maximum atomic E-state index is 9.08. The molecule has 0 atom stereocenters. The molecule has 0 radical (unpaired) electrons. The number of aromatic nitrogens is 3. The second kappa shape index (κ2) is 4.41. The number of rotatable bonds is 2. The molecule has 0 bridgehead atoms. The molecule has 0 aliphatic carbocycles. The third kappa shape index (κ3) is 1.91. The van der Waals surface area contributed by atoms with Gasteiger partial charge in [-0.3, -0.25) is 4.57 Å². The van der Waals surface area contributed by atoms with Crippen molar-refractivity contribution < 1.29 is 5.11 Å². The Hall–Kier alpha value is -1.10. The molecule has 0 saturated heterocycles. The van der Waals surface area contributed by atoms with Crippen molar-refractivity contribution >= 4 is 23.2 Å². The van der Waals surface area contributed by atoms with Crippen molar-refractivity contribution in [1.29, 1.82) is 0 Å². The van der Waals surface area contributed by atoms with Gasteiger partial charge >= 0.3 is 0 Å². The number of nitrogens with zero attached hydrogens (tertiary/aromatic N) is 3. The Morgan fingerprint density at radius 1 is 1.31 bits per heavy atom. The number of hydrogen-bond acceptors (Lipinski definition) is 3. The maximum absolute atomic E-state index is 9.08. The molecule has 0 spiro atoms. The highest BCUT2D eigenvalue weighted by atomic mass is 35.5. The summed E-state index contributed by atoms with van der Waals surface area (Å²) >= 11 is 12.1. The topological polar surface area (TPSA) is 50.9 Å². The second-order valence-corrected chi connectivity index (χ2v) is 4.14. The minimum atomic E-state index is -0.207. The lowest BCUT2D eigenvalue weighted by Crippen LogP contribution is -2.01. The van der Waals surface area contributed by atoms with Crippen LogP contribution >= 0.6 is 23.2 Å². The summed E-state index contributed by atoms with van der Waals surface area (Å²) in [6.45, 7) is 1.67. The molecule has 6 heteroatoms. The van der Waals surface area contributed by atoms with E-state index in [1.807, 2.05) is 6.92 Å². The molecule has 0 saturated carbocycles. The van der Waals surface area contributed by atoms with Crippen molar-refractivity contribution in [2.24, 2.45) is 0 Å². The van der Waals surface area contributed by atoms with Crippen LogP contribution in [0.15, 0.2) is 18.5 Å². The van der Waals surface area contributed by atoms with E-state index in [0.29, 0.717) is 21.6 Å². The summed E-state index contributed by atoms with van der Waals surface area (Å²) in [6, 6.07) is 3.49. The van der Waals surface area contributed by atoms with Crippen molar-refractivity contribution in [3.05, 3.63) is 39.9 Å². The van der Waals surface area contributed by atoms with Crippen LogP contribution in [0.4, 0.5) is 0 Å². The van der Waals surface area contributed by atoms with Gasteiger partial charge < -0.3 is 5.11 Å². The van der Waals surface area contributed by atoms with Gasteiger partial charge in [0.1, 0.15) is 12.9 Å². The fourth-order valence-corrected chi connectivity index (χ4v) is 1.86. The van der Waals surface area contributed by atoms with Gasteiger partial charge in [-0.1, -0.05) is 23.2 Å². The van der Waals surface area contributed by atoms with E-state index in [-0.39, 0.29) is 6.61 Å². The van der Waals surface area contributed by atoms with Gasteiger partial charge in [0.05, 0.1) is 10.7 Å². The Kier molecular flexibility index (Phi) is 3.14. The molecule has 1 heterocycles. The molecule has 1 N–H and O–H groups in total. The summed E-state index contributed by atoms with van der Waals surface area (Å²) in [7, 11) is 0. The summed E-state index contributed by atoms with van der Waals surface area (Å²) in [4.78, 5) is 0. The van der Waals surface area contributed by atoms with Crippen LogP contribution < -0.4 is 0 Å². The maximum Gasteiger partial charge on any atom is 0.163 e. The monoisotopic (exact) mass is 257 g/mol. The molecule has 1 aromatic heterocycles. The highest BCUT2D eigenvalue weighted by Crippen LogP contribution is 2.28. The van der Waals surface area contributed by atoms with Crippen LogP contribution in [0.1, 0.15) is 11.4 Å². The summed E-state index contributed by atoms with van der Waals surface area (Å²) in [6.07, 6.45) is 1.48. The lowest BCUT2D eigenvalue weighted by molar-refractivity contribution is 0.269. The number of halogens is 2. The SMILES string of the molecule is Cc1cc(Cl)c(-n2cnnc2CO)cc1Cl. The van der Waals surface area contributed by atoms with E-state index >= 15 is 0 Å². The molecule has 0 fully saturated rings. The summed E-state index contributed by atoms with van der Waals surface area (Å²) in [5.74, 6) is 0.418. The van der Waals surface area contributed by atoms with Gasteiger partial charge in [0.2, 0.25) is 0 Å². The van der Waals surface area contributed by atoms with Gasteiger partial charge in [-0.25, -0.2) is 0 Å². The predicted octanol–water partition coefficient (Wildman–Crippen LogP) is 2.37. The normalized spacial score (nSPS) is 10.8. The van der Waals surface area contributed by atoms with E-state index in [0.717, 1.165) is 5.56 Å². The quantitative estimate of drug-likeness (QED) is 0.899. The van der Waals surface area contributed by atoms with E-state index in [9.17, 15) is 0 Å². The molecule has 0 unspecified atom stereocenters. The van der Waals surface area contributed by atoms with Gasteiger partial charge in [-0.2, -0.15) is 0 Å². The van der Waals surface area contributed by atoms with E-state index < -0.39 is 0 Å². The fraction of sp³-hybridized carbons (Fsp3) is 0.200. The average molecular weight is 258 g/mol. The summed E-state index contributed by atoms with van der Waals surface area (Å²) in [5, 5.41) is 17.7. The van der Waals surface area contributed by atoms with Crippen molar-refractivity contribution in [3.8, 4) is 5.69 Å². The summed E-state index contributed by atoms with van der Waals surface area (Å²) < 4.78 is 1.60. The zero-order valence-corrected chi connectivity index (χ0v) is 10.00. The Bertz CT molecular complexity index is 525. The fourth-order valence-electron chi connectivity index (χ4n) is 1.39. The third-order valence-corrected chi connectivity index (χ3v) is 2.96. The molecule has 4 nitrogen and oxygen atoms in total. The van der Waals surface area contributed by atoms with E-state index in [1.165, 1.54) is 6.33 Å². The zero-order chi connectivity index (χ0) is 11.7. The van der Waals surface area contributed by atoms with Crippen molar-refractivity contribution in [3.63, 3.8) is 0 Å². The predicted molar refractivity (Wildman–Crippen MR) is 62.0 cm³/mol. The molecule has 84 valence electrons. The van der Waals surface area contributed by atoms with Gasteiger partial charge in [0.25, 0.3) is 0 Å². The Labute approximate surface area is 102 Å². The molecule has 1 aromatic carbocycles. The highest BCUT2D eigenvalue weighted by Gasteiger charge is 2.10. The first-order chi connectivity index (χ1) is 7.63. The van der Waals surface area contributed by atoms with Crippen LogP contribution in [0.3, 0.4) is 0 Å². The zero-order valence-electron chi connectivity index (χ0n) is 8.48. The minimum Gasteiger partial charge on any atom is -0.388 e. The molecule has 16 heavy (non-hydrogen) atoms. The van der Waals surface area contributed by atoms with Crippen LogP contribution in [0.25, 0.3) is 5.69 Å². The largest absolute Gasteiger partial charge is 0.388 e. The molecular formula is C10H9Cl2N3O. The number of aliphatic hydroxyl groups excluding tert-OH is 1. The standard InChI is InChI=1S/C10H9Cl2N3O/c1-6-2-8(12)9(3-7(6)11)15-5-13-14-10(15)4-16/h2-3,5,16H,4H2,1H3. The van der Waals surface area contributed by atoms with Gasteiger partial charge in [0, 0.05) is 5.02 Å². The molecule has 0 amide bonds. The Morgan fingerprint density at radius 2 is 2.06 bits per heavy atom. The molecule has 0 aliphatic heterocycles. The van der Waals surface area contributed by atoms with Crippen molar-refractivity contribution in [2.75, 3.05) is 0 Å². The number of aliphatic hydroxyl groups is 1. The van der Waals surface area contributed by atoms with Crippen LogP contribution in [0.5, 0.6) is 0 Å². The first-order valence-electron chi connectivity index (χ1n) is 4.59. The minimum absolute atomic E-state index is 0.207. The van der Waals surface area contributed by atoms with E-state index in [4.69, 9.17) is 28.3 Å². The van der Waals surface area contributed by atoms with Crippen molar-refractivity contribution in [2.45, 2.75) is 13.5 Å². The first kappa shape index (κ1) is 11.4. The molecule has 2 rings (SSSR count). The highest BCUT2D eigenvalue weighted by molar-refractivity contribution is 6.35. The number of benzene rings is 1. The Balaban J connectivity index is 2.60. The van der Waals surface area contributed by atoms with Crippen molar-refractivity contribution in [1.82, 2.24) is 14.8 Å². The van der Waals surface area contributed by atoms with Gasteiger partial charge in [0.15, 0.2) is 5.82 Å². The third-order valence-electron chi connectivity index (χ3n) is 2.25. The average Bonchev–Trinajstić information content (AvgIpc) is 2.71. The van der Waals surface area contributed by atoms with Gasteiger partial charge in [-0.05, 0) is 24.6 Å². The van der Waals surface area contributed by atoms with Crippen LogP contribution in [-0.2, 0) is 6.61 Å². The lowest BCUT2D eigenvalue weighted by atomic mass is 10.2. The molecule has 0 aliphatic rings. The number of hydrogen-bond donors (Lipinski definition) is 1. The van der Waals surface area contributed by atoms with E-state index in [2.05, 4.69) is 10.2 Å². The summed E-state index contributed by atoms with van der Waals surface area (Å²) in [5.41, 5.74) is 1.56. The lowest BCUT2D eigenvalue weighted by Gasteiger charge is -2.09. The van der Waals surface area contributed by atoms with Crippen LogP contribution in [0, 0.1) is 6.92 Å². The first-order valence-corrected chi connectivity index (χ1v) is 5.35. The molecular weight excluding hydrogens is 249 g/mol. The second-order valence-electron chi connectivity index (χ2n) is 3.33. The Morgan fingerprint density at radius 3 is 2.75 bits per heavy atom. The van der Waals surface area contributed by atoms with E-state index in [1.54, 1.807) is 16.7 Å².